The zero-order chi connectivity index (χ0) is 17.5. The maximum atomic E-state index is 12.7. The third-order valence-electron chi connectivity index (χ3n) is 3.44. The summed E-state index contributed by atoms with van der Waals surface area (Å²) >= 11 is 7.83. The smallest absolute Gasteiger partial charge is 0.239 e. The molecule has 2 heterocycles. The van der Waals surface area contributed by atoms with E-state index < -0.39 is 0 Å². The molecule has 0 aromatic carbocycles. The lowest BCUT2D eigenvalue weighted by molar-refractivity contribution is -0.117. The van der Waals surface area contributed by atoms with Crippen molar-refractivity contribution in [2.75, 3.05) is 30.9 Å². The Labute approximate surface area is 151 Å². The van der Waals surface area contributed by atoms with Gasteiger partial charge in [-0.1, -0.05) is 11.6 Å². The van der Waals surface area contributed by atoms with Crippen LogP contribution in [0.15, 0.2) is 30.7 Å². The molecular formula is C16H21ClN4O2S. The van der Waals surface area contributed by atoms with Gasteiger partial charge in [0.2, 0.25) is 5.91 Å². The lowest BCUT2D eigenvalue weighted by Gasteiger charge is -2.23. The number of methoxy groups -OCH3 is 1. The fourth-order valence-corrected chi connectivity index (χ4v) is 3.31. The fourth-order valence-electron chi connectivity index (χ4n) is 2.19. The molecule has 2 aromatic rings. The Kier molecular flexibility index (Phi) is 7.08. The number of pyridine rings is 1. The molecule has 0 aliphatic heterocycles. The number of carbonyl (C=O) groups is 1. The average molecular weight is 369 g/mol. The van der Waals surface area contributed by atoms with Crippen molar-refractivity contribution in [2.24, 2.45) is 0 Å². The number of thioether (sulfide) groups is 1. The van der Waals surface area contributed by atoms with E-state index in [1.54, 1.807) is 47.0 Å². The summed E-state index contributed by atoms with van der Waals surface area (Å²) in [5.41, 5.74) is 1.39. The van der Waals surface area contributed by atoms with Crippen molar-refractivity contribution in [2.45, 2.75) is 19.1 Å². The third-order valence-corrected chi connectivity index (χ3v) is 4.81. The van der Waals surface area contributed by atoms with Gasteiger partial charge < -0.3 is 9.64 Å². The van der Waals surface area contributed by atoms with Crippen LogP contribution in [0.3, 0.4) is 0 Å². The van der Waals surface area contributed by atoms with Gasteiger partial charge >= 0.3 is 0 Å². The van der Waals surface area contributed by atoms with Gasteiger partial charge in [-0.15, -0.1) is 11.8 Å². The number of aromatic nitrogens is 3. The van der Waals surface area contributed by atoms with E-state index in [2.05, 4.69) is 10.1 Å². The molecule has 1 atom stereocenters. The highest BCUT2D eigenvalue weighted by molar-refractivity contribution is 8.00. The number of hydrogen-bond donors (Lipinski definition) is 0. The molecular weight excluding hydrogens is 348 g/mol. The summed E-state index contributed by atoms with van der Waals surface area (Å²) in [5.74, 6) is 0.773. The molecule has 0 spiro atoms. The highest BCUT2D eigenvalue weighted by atomic mass is 35.5. The van der Waals surface area contributed by atoms with E-state index in [0.717, 1.165) is 11.4 Å². The predicted molar refractivity (Wildman–Crippen MR) is 98.2 cm³/mol. The third kappa shape index (κ3) is 4.49. The second kappa shape index (κ2) is 9.05. The first-order valence-corrected chi connectivity index (χ1v) is 9.08. The second-order valence-corrected chi connectivity index (χ2v) is 6.86. The molecule has 2 rings (SSSR count). The molecule has 0 bridgehead atoms. The number of anilines is 1. The highest BCUT2D eigenvalue weighted by Crippen LogP contribution is 2.27. The molecule has 0 N–H and O–H groups in total. The largest absolute Gasteiger partial charge is 0.384 e. The zero-order valence-electron chi connectivity index (χ0n) is 14.0. The summed E-state index contributed by atoms with van der Waals surface area (Å²) < 4.78 is 6.66. The van der Waals surface area contributed by atoms with Crippen LogP contribution in [0.2, 0.25) is 5.15 Å². The minimum absolute atomic E-state index is 0.00578. The minimum atomic E-state index is -0.182. The number of nitrogens with zero attached hydrogens (tertiary/aromatic N) is 4. The standard InChI is InChI=1S/C16H21ClN4O2S/c1-4-20(16(22)12(2)24-9-8-23-3)14-11-21(19-15(14)17)13-6-5-7-18-10-13/h5-7,10-12H,4,8-9H2,1-3H3. The van der Waals surface area contributed by atoms with Crippen molar-refractivity contribution in [1.82, 2.24) is 14.8 Å². The molecule has 0 saturated carbocycles. The number of rotatable bonds is 8. The van der Waals surface area contributed by atoms with Crippen LogP contribution < -0.4 is 4.90 Å². The van der Waals surface area contributed by atoms with Gasteiger partial charge in [-0.2, -0.15) is 5.10 Å². The Balaban J connectivity index is 2.18. The van der Waals surface area contributed by atoms with Crippen molar-refractivity contribution in [1.29, 1.82) is 0 Å². The summed E-state index contributed by atoms with van der Waals surface area (Å²) in [5, 5.41) is 4.40. The molecule has 0 radical (unpaired) electrons. The van der Waals surface area contributed by atoms with Crippen LogP contribution in [0.4, 0.5) is 5.69 Å². The molecule has 8 heteroatoms. The van der Waals surface area contributed by atoms with Crippen LogP contribution in [0.1, 0.15) is 13.8 Å². The Morgan fingerprint density at radius 3 is 2.96 bits per heavy atom. The van der Waals surface area contributed by atoms with Gasteiger partial charge in [0.1, 0.15) is 5.69 Å². The average Bonchev–Trinajstić information content (AvgIpc) is 2.98. The number of ether oxygens (including phenoxy) is 1. The van der Waals surface area contributed by atoms with Gasteiger partial charge in [0.15, 0.2) is 5.15 Å². The maximum Gasteiger partial charge on any atom is 0.239 e. The normalized spacial score (nSPS) is 12.2. The number of carbonyl (C=O) groups excluding carboxylic acids is 1. The first-order valence-electron chi connectivity index (χ1n) is 7.66. The topological polar surface area (TPSA) is 60.2 Å². The molecule has 1 unspecified atom stereocenters. The van der Waals surface area contributed by atoms with E-state index in [0.29, 0.717) is 24.0 Å². The lowest BCUT2D eigenvalue weighted by atomic mass is 10.3. The predicted octanol–water partition coefficient (Wildman–Crippen LogP) is 3.04. The van der Waals surface area contributed by atoms with Crippen LogP contribution in [0, 0.1) is 0 Å². The Hall–Kier alpha value is -1.57. The Morgan fingerprint density at radius 2 is 2.33 bits per heavy atom. The Morgan fingerprint density at radius 1 is 1.54 bits per heavy atom. The van der Waals surface area contributed by atoms with E-state index in [1.807, 2.05) is 26.0 Å². The zero-order valence-corrected chi connectivity index (χ0v) is 15.5. The van der Waals surface area contributed by atoms with E-state index in [-0.39, 0.29) is 11.2 Å². The van der Waals surface area contributed by atoms with Crippen LogP contribution >= 0.6 is 23.4 Å². The van der Waals surface area contributed by atoms with E-state index >= 15 is 0 Å². The maximum absolute atomic E-state index is 12.7. The van der Waals surface area contributed by atoms with Crippen LogP contribution in [-0.4, -0.2) is 51.9 Å². The van der Waals surface area contributed by atoms with Crippen molar-refractivity contribution in [3.05, 3.63) is 35.9 Å². The first-order chi connectivity index (χ1) is 11.6. The summed E-state index contributed by atoms with van der Waals surface area (Å²) in [4.78, 5) is 18.5. The molecule has 2 aromatic heterocycles. The second-order valence-electron chi connectivity index (χ2n) is 5.05. The molecule has 0 aliphatic carbocycles. The SMILES string of the molecule is CCN(C(=O)C(C)SCCOC)c1cn(-c2cccnc2)nc1Cl. The van der Waals surface area contributed by atoms with Crippen molar-refractivity contribution < 1.29 is 9.53 Å². The molecule has 130 valence electrons. The highest BCUT2D eigenvalue weighted by Gasteiger charge is 2.24. The van der Waals surface area contributed by atoms with Gasteiger partial charge in [-0.3, -0.25) is 9.78 Å². The van der Waals surface area contributed by atoms with Crippen molar-refractivity contribution >= 4 is 35.0 Å². The first kappa shape index (κ1) is 18.8. The molecule has 1 amide bonds. The van der Waals surface area contributed by atoms with Gasteiger partial charge in [-0.05, 0) is 26.0 Å². The monoisotopic (exact) mass is 368 g/mol. The van der Waals surface area contributed by atoms with Gasteiger partial charge in [0.05, 0.1) is 29.9 Å². The molecule has 6 nitrogen and oxygen atoms in total. The summed E-state index contributed by atoms with van der Waals surface area (Å²) in [6.45, 7) is 4.95. The Bertz CT molecular complexity index is 665. The fraction of sp³-hybridized carbons (Fsp3) is 0.438. The molecule has 0 saturated heterocycles. The van der Waals surface area contributed by atoms with Crippen LogP contribution in [0.25, 0.3) is 5.69 Å². The van der Waals surface area contributed by atoms with Gasteiger partial charge in [-0.25, -0.2) is 4.68 Å². The van der Waals surface area contributed by atoms with Crippen molar-refractivity contribution in [3.8, 4) is 5.69 Å². The van der Waals surface area contributed by atoms with Crippen LogP contribution in [0.5, 0.6) is 0 Å². The summed E-state index contributed by atoms with van der Waals surface area (Å²) in [6.07, 6.45) is 5.14. The van der Waals surface area contributed by atoms with E-state index in [1.165, 1.54) is 0 Å². The molecule has 0 aliphatic rings. The summed E-state index contributed by atoms with van der Waals surface area (Å²) in [7, 11) is 1.65. The number of hydrogen-bond acceptors (Lipinski definition) is 5. The van der Waals surface area contributed by atoms with E-state index in [4.69, 9.17) is 16.3 Å². The number of amides is 1. The quantitative estimate of drug-likeness (QED) is 0.670. The van der Waals surface area contributed by atoms with Crippen molar-refractivity contribution in [3.63, 3.8) is 0 Å². The summed E-state index contributed by atoms with van der Waals surface area (Å²) in [6, 6.07) is 3.70. The van der Waals surface area contributed by atoms with E-state index in [9.17, 15) is 4.79 Å². The van der Waals surface area contributed by atoms with Crippen LogP contribution in [-0.2, 0) is 9.53 Å². The minimum Gasteiger partial charge on any atom is -0.384 e. The lowest BCUT2D eigenvalue weighted by Crippen LogP contribution is -2.36. The molecule has 0 fully saturated rings. The molecule has 24 heavy (non-hydrogen) atoms. The van der Waals surface area contributed by atoms with Gasteiger partial charge in [0.25, 0.3) is 0 Å². The number of halogens is 1. The van der Waals surface area contributed by atoms with Gasteiger partial charge in [0, 0.05) is 25.6 Å².